The van der Waals surface area contributed by atoms with Gasteiger partial charge in [0.1, 0.15) is 0 Å². The highest BCUT2D eigenvalue weighted by Crippen LogP contribution is 2.29. The molecule has 0 saturated carbocycles. The summed E-state index contributed by atoms with van der Waals surface area (Å²) < 4.78 is 2.03. The van der Waals surface area contributed by atoms with E-state index in [2.05, 4.69) is 15.2 Å². The lowest BCUT2D eigenvalue weighted by Crippen LogP contribution is -2.48. The third-order valence-electron chi connectivity index (χ3n) is 5.98. The van der Waals surface area contributed by atoms with Gasteiger partial charge in [0.15, 0.2) is 4.34 Å². The van der Waals surface area contributed by atoms with Crippen molar-refractivity contribution in [1.82, 2.24) is 9.88 Å². The molecule has 8 heteroatoms. The molecule has 0 spiro atoms. The molecule has 0 aliphatic carbocycles. The van der Waals surface area contributed by atoms with E-state index >= 15 is 0 Å². The number of aromatic nitrogens is 1. The van der Waals surface area contributed by atoms with Crippen LogP contribution in [0.25, 0.3) is 10.2 Å². The summed E-state index contributed by atoms with van der Waals surface area (Å²) in [6.07, 6.45) is 0. The van der Waals surface area contributed by atoms with Gasteiger partial charge in [0.2, 0.25) is 5.91 Å². The van der Waals surface area contributed by atoms with Crippen LogP contribution in [0.1, 0.15) is 15.9 Å². The quantitative estimate of drug-likeness (QED) is 0.363. The van der Waals surface area contributed by atoms with Crippen LogP contribution in [0.3, 0.4) is 0 Å². The number of aryl methyl sites for hydroxylation is 1. The number of piperazine rings is 1. The maximum atomic E-state index is 12.8. The third kappa shape index (κ3) is 5.66. The fourth-order valence-corrected chi connectivity index (χ4v) is 5.91. The van der Waals surface area contributed by atoms with Crippen molar-refractivity contribution in [3.8, 4) is 0 Å². The number of carbonyl (C=O) groups excluding carboxylic acids is 2. The molecule has 1 aliphatic rings. The zero-order valence-corrected chi connectivity index (χ0v) is 21.1. The summed E-state index contributed by atoms with van der Waals surface area (Å²) in [6, 6.07) is 23.6. The van der Waals surface area contributed by atoms with Crippen LogP contribution in [-0.2, 0) is 4.79 Å². The minimum absolute atomic E-state index is 0.0507. The van der Waals surface area contributed by atoms with Crippen LogP contribution in [0.4, 0.5) is 11.4 Å². The molecule has 178 valence electrons. The molecule has 2 amide bonds. The van der Waals surface area contributed by atoms with Crippen molar-refractivity contribution in [3.63, 3.8) is 0 Å². The van der Waals surface area contributed by atoms with Gasteiger partial charge in [0.05, 0.1) is 16.0 Å². The average molecular weight is 503 g/mol. The zero-order chi connectivity index (χ0) is 24.2. The van der Waals surface area contributed by atoms with Gasteiger partial charge < -0.3 is 15.1 Å². The van der Waals surface area contributed by atoms with Gasteiger partial charge in [-0.3, -0.25) is 9.59 Å². The Labute approximate surface area is 213 Å². The molecule has 1 aromatic heterocycles. The predicted octanol–water partition coefficient (Wildman–Crippen LogP) is 5.30. The third-order valence-corrected chi connectivity index (χ3v) is 8.16. The number of carbonyl (C=O) groups is 2. The second-order valence-corrected chi connectivity index (χ2v) is 10.7. The van der Waals surface area contributed by atoms with Crippen LogP contribution in [0.15, 0.2) is 77.1 Å². The first-order valence-electron chi connectivity index (χ1n) is 11.5. The van der Waals surface area contributed by atoms with E-state index in [0.717, 1.165) is 50.1 Å². The molecule has 5 rings (SSSR count). The number of rotatable bonds is 6. The van der Waals surface area contributed by atoms with Gasteiger partial charge in [-0.2, -0.15) is 0 Å². The molecular weight excluding hydrogens is 476 g/mol. The van der Waals surface area contributed by atoms with E-state index in [1.54, 1.807) is 11.3 Å². The van der Waals surface area contributed by atoms with Gasteiger partial charge in [-0.25, -0.2) is 4.98 Å². The molecule has 0 atom stereocenters. The highest BCUT2D eigenvalue weighted by Gasteiger charge is 2.22. The zero-order valence-electron chi connectivity index (χ0n) is 19.4. The molecule has 1 fully saturated rings. The van der Waals surface area contributed by atoms with Gasteiger partial charge in [0.25, 0.3) is 5.91 Å². The van der Waals surface area contributed by atoms with E-state index in [9.17, 15) is 9.59 Å². The van der Waals surface area contributed by atoms with Gasteiger partial charge in [0, 0.05) is 43.1 Å². The van der Waals surface area contributed by atoms with Crippen LogP contribution in [0, 0.1) is 6.92 Å². The molecule has 1 N–H and O–H groups in total. The molecule has 0 radical (unpaired) electrons. The molecule has 3 aromatic carbocycles. The lowest BCUT2D eigenvalue weighted by molar-refractivity contribution is -0.113. The van der Waals surface area contributed by atoms with E-state index in [0.29, 0.717) is 18.8 Å². The molecule has 0 bridgehead atoms. The lowest BCUT2D eigenvalue weighted by atomic mass is 10.1. The normalized spacial score (nSPS) is 13.7. The van der Waals surface area contributed by atoms with E-state index in [4.69, 9.17) is 0 Å². The summed E-state index contributed by atoms with van der Waals surface area (Å²) >= 11 is 3.06. The first kappa shape index (κ1) is 23.4. The summed E-state index contributed by atoms with van der Waals surface area (Å²) in [5.74, 6) is 0.357. The maximum absolute atomic E-state index is 12.8. The summed E-state index contributed by atoms with van der Waals surface area (Å²) in [5.41, 5.74) is 4.73. The largest absolute Gasteiger partial charge is 0.368 e. The first-order chi connectivity index (χ1) is 17.0. The Balaban J connectivity index is 1.10. The monoisotopic (exact) mass is 502 g/mol. The van der Waals surface area contributed by atoms with Crippen LogP contribution >= 0.6 is 23.1 Å². The fourth-order valence-electron chi connectivity index (χ4n) is 4.04. The molecule has 1 saturated heterocycles. The van der Waals surface area contributed by atoms with E-state index < -0.39 is 0 Å². The number of nitrogens with one attached hydrogen (secondary N) is 1. The van der Waals surface area contributed by atoms with Crippen molar-refractivity contribution in [2.45, 2.75) is 11.3 Å². The number of thioether (sulfide) groups is 1. The van der Waals surface area contributed by atoms with Crippen molar-refractivity contribution >= 4 is 56.5 Å². The molecule has 35 heavy (non-hydrogen) atoms. The van der Waals surface area contributed by atoms with Crippen LogP contribution in [-0.4, -0.2) is 53.6 Å². The second-order valence-electron chi connectivity index (χ2n) is 8.48. The van der Waals surface area contributed by atoms with Gasteiger partial charge in [-0.15, -0.1) is 11.3 Å². The molecule has 2 heterocycles. The van der Waals surface area contributed by atoms with Crippen molar-refractivity contribution in [2.75, 3.05) is 42.1 Å². The van der Waals surface area contributed by atoms with E-state index in [-0.39, 0.29) is 11.8 Å². The summed E-state index contributed by atoms with van der Waals surface area (Å²) in [5, 5.41) is 2.97. The van der Waals surface area contributed by atoms with Gasteiger partial charge >= 0.3 is 0 Å². The Morgan fingerprint density at radius 3 is 2.37 bits per heavy atom. The number of thiazole rings is 1. The second kappa shape index (κ2) is 10.5. The summed E-state index contributed by atoms with van der Waals surface area (Å²) in [6.45, 7) is 4.96. The van der Waals surface area contributed by atoms with E-state index in [1.807, 2.05) is 84.6 Å². The van der Waals surface area contributed by atoms with E-state index in [1.165, 1.54) is 11.8 Å². The maximum Gasteiger partial charge on any atom is 0.253 e. The number of anilines is 2. The number of amides is 2. The van der Waals surface area contributed by atoms with Crippen molar-refractivity contribution in [2.24, 2.45) is 0 Å². The standard InChI is InChI=1S/C27H26N4O2S2/c1-19-6-8-20(9-7-19)26(33)31-16-14-30(15-17-31)22-12-10-21(11-13-22)28-25(32)18-34-27-29-23-4-2-3-5-24(23)35-27/h2-13H,14-18H2,1H3,(H,28,32). The fraction of sp³-hybridized carbons (Fsp3) is 0.222. The number of para-hydroxylation sites is 1. The average Bonchev–Trinajstić information content (AvgIpc) is 3.31. The number of hydrogen-bond donors (Lipinski definition) is 1. The lowest BCUT2D eigenvalue weighted by Gasteiger charge is -2.36. The minimum atomic E-state index is -0.0507. The van der Waals surface area contributed by atoms with Gasteiger partial charge in [-0.1, -0.05) is 41.6 Å². The highest BCUT2D eigenvalue weighted by atomic mass is 32.2. The van der Waals surface area contributed by atoms with Crippen LogP contribution in [0.5, 0.6) is 0 Å². The summed E-state index contributed by atoms with van der Waals surface area (Å²) in [7, 11) is 0. The molecule has 6 nitrogen and oxygen atoms in total. The van der Waals surface area contributed by atoms with Crippen molar-refractivity contribution in [3.05, 3.63) is 83.9 Å². The van der Waals surface area contributed by atoms with Crippen molar-refractivity contribution in [1.29, 1.82) is 0 Å². The number of fused-ring (bicyclic) bond motifs is 1. The van der Waals surface area contributed by atoms with Crippen molar-refractivity contribution < 1.29 is 9.59 Å². The van der Waals surface area contributed by atoms with Crippen LogP contribution in [0.2, 0.25) is 0 Å². The first-order valence-corrected chi connectivity index (χ1v) is 13.3. The topological polar surface area (TPSA) is 65.5 Å². The Morgan fingerprint density at radius 1 is 0.943 bits per heavy atom. The number of hydrogen-bond acceptors (Lipinski definition) is 6. The summed E-state index contributed by atoms with van der Waals surface area (Å²) in [4.78, 5) is 33.9. The highest BCUT2D eigenvalue weighted by molar-refractivity contribution is 8.01. The number of nitrogens with zero attached hydrogens (tertiary/aromatic N) is 3. The molecule has 0 unspecified atom stereocenters. The Bertz CT molecular complexity index is 1290. The number of benzene rings is 3. The SMILES string of the molecule is Cc1ccc(C(=O)N2CCN(c3ccc(NC(=O)CSc4nc5ccccc5s4)cc3)CC2)cc1. The Hall–Kier alpha value is -3.36. The smallest absolute Gasteiger partial charge is 0.253 e. The molecule has 1 aliphatic heterocycles. The van der Waals surface area contributed by atoms with Crippen LogP contribution < -0.4 is 10.2 Å². The Morgan fingerprint density at radius 2 is 1.66 bits per heavy atom. The molecule has 4 aromatic rings. The minimum Gasteiger partial charge on any atom is -0.368 e. The van der Waals surface area contributed by atoms with Gasteiger partial charge in [-0.05, 0) is 55.5 Å². The Kier molecular flexibility index (Phi) is 7.01. The predicted molar refractivity (Wildman–Crippen MR) is 145 cm³/mol. The molecular formula is C27H26N4O2S2.